The average molecular weight is 398 g/mol. The number of nitrogens with zero attached hydrogens (tertiary/aromatic N) is 2. The van der Waals surface area contributed by atoms with Gasteiger partial charge in [0.25, 0.3) is 0 Å². The van der Waals surface area contributed by atoms with E-state index in [4.69, 9.17) is 0 Å². The molecule has 90 valence electrons. The summed E-state index contributed by atoms with van der Waals surface area (Å²) in [4.78, 5) is 4.77. The summed E-state index contributed by atoms with van der Waals surface area (Å²) in [7, 11) is 4.39. The van der Waals surface area contributed by atoms with E-state index in [1.54, 1.807) is 0 Å². The van der Waals surface area contributed by atoms with Crippen LogP contribution in [0.4, 0.5) is 11.4 Å². The van der Waals surface area contributed by atoms with Crippen molar-refractivity contribution in [2.45, 2.75) is 19.3 Å². The van der Waals surface area contributed by atoms with E-state index in [1.165, 1.54) is 28.1 Å². The van der Waals surface area contributed by atoms with Crippen LogP contribution in [0.25, 0.3) is 0 Å². The molecule has 0 bridgehead atoms. The van der Waals surface area contributed by atoms with E-state index in [2.05, 4.69) is 36.9 Å². The van der Waals surface area contributed by atoms with Crippen molar-refractivity contribution in [3.8, 4) is 0 Å². The van der Waals surface area contributed by atoms with Gasteiger partial charge in [-0.05, 0) is 24.8 Å². The number of rotatable bonds is 1. The molecule has 0 fully saturated rings. The summed E-state index contributed by atoms with van der Waals surface area (Å²) in [5, 5.41) is 0. The van der Waals surface area contributed by atoms with Crippen molar-refractivity contribution in [3.63, 3.8) is 0 Å². The topological polar surface area (TPSA) is 6.48 Å². The van der Waals surface area contributed by atoms with Crippen LogP contribution in [0, 0.1) is 13.0 Å². The maximum Gasteiger partial charge on any atom is 2.00 e. The minimum absolute atomic E-state index is 0. The Morgan fingerprint density at radius 2 is 1.76 bits per heavy atom. The summed E-state index contributed by atoms with van der Waals surface area (Å²) < 4.78 is 0. The Kier molecular flexibility index (Phi) is 3.54. The van der Waals surface area contributed by atoms with Crippen molar-refractivity contribution in [1.82, 2.24) is 0 Å². The van der Waals surface area contributed by atoms with Crippen molar-refractivity contribution in [3.05, 3.63) is 29.7 Å². The third-order valence-electron chi connectivity index (χ3n) is 3.87. The fourth-order valence-electron chi connectivity index (χ4n) is 3.01. The molecule has 0 unspecified atom stereocenters. The molecule has 0 aromatic heterocycles. The van der Waals surface area contributed by atoms with Gasteiger partial charge in [0.15, 0.2) is 0 Å². The van der Waals surface area contributed by atoms with Crippen LogP contribution in [0.3, 0.4) is 0 Å². The number of likely N-dealkylation sites (N-methyl/N-ethyl adjacent to an activating group) is 2. The molecule has 3 rings (SSSR count). The van der Waals surface area contributed by atoms with E-state index in [0.717, 1.165) is 32.4 Å². The van der Waals surface area contributed by atoms with Crippen molar-refractivity contribution >= 4 is 11.4 Å². The first-order chi connectivity index (χ1) is 7.72. The van der Waals surface area contributed by atoms with E-state index in [0.29, 0.717) is 0 Å². The van der Waals surface area contributed by atoms with Gasteiger partial charge in [-0.25, -0.2) is 0 Å². The Morgan fingerprint density at radius 1 is 1.12 bits per heavy atom. The molecular formula is C14H18N2W. The summed E-state index contributed by atoms with van der Waals surface area (Å²) in [5.74, 6) is 0. The molecule has 17 heavy (non-hydrogen) atoms. The first-order valence-electron chi connectivity index (χ1n) is 6.03. The molecule has 0 atom stereocenters. The average Bonchev–Trinajstić information content (AvgIpc) is 2.83. The van der Waals surface area contributed by atoms with Gasteiger partial charge in [0.1, 0.15) is 0 Å². The van der Waals surface area contributed by atoms with Gasteiger partial charge in [0.05, 0.1) is 0 Å². The quantitative estimate of drug-likeness (QED) is 0.667. The molecule has 0 spiro atoms. The predicted molar refractivity (Wildman–Crippen MR) is 68.3 cm³/mol. The maximum absolute atomic E-state index is 4.04. The van der Waals surface area contributed by atoms with E-state index in [1.807, 2.05) is 0 Å². The van der Waals surface area contributed by atoms with Crippen LogP contribution in [0.2, 0.25) is 0 Å². The van der Waals surface area contributed by atoms with Gasteiger partial charge in [0, 0.05) is 20.1 Å². The van der Waals surface area contributed by atoms with Crippen LogP contribution in [-0.4, -0.2) is 27.2 Å². The molecule has 0 radical (unpaired) electrons. The summed E-state index contributed by atoms with van der Waals surface area (Å²) in [6, 6.07) is 3.60. The van der Waals surface area contributed by atoms with Crippen LogP contribution in [0.1, 0.15) is 16.7 Å². The van der Waals surface area contributed by atoms with Crippen molar-refractivity contribution < 1.29 is 21.1 Å². The van der Waals surface area contributed by atoms with Crippen molar-refractivity contribution in [2.75, 3.05) is 37.0 Å². The largest absolute Gasteiger partial charge is 2.00 e. The van der Waals surface area contributed by atoms with Crippen LogP contribution in [0.5, 0.6) is 0 Å². The standard InChI is InChI=1S/C14H18N2.W/c1-4-10-9-11-5-7-15(2)13(11)14-12(10)6-8-16(14)3;/h1,4-8H2,2-3H3;/q-2;+2. The minimum atomic E-state index is 0. The Bertz CT molecular complexity index is 442. The van der Waals surface area contributed by atoms with Crippen LogP contribution in [0.15, 0.2) is 0 Å². The number of benzene rings is 1. The summed E-state index contributed by atoms with van der Waals surface area (Å²) in [6.07, 6.45) is 3.17. The summed E-state index contributed by atoms with van der Waals surface area (Å²) in [5.41, 5.74) is 7.10. The Hall–Kier alpha value is -0.492. The number of hydrogen-bond acceptors (Lipinski definition) is 2. The molecule has 3 heteroatoms. The second-order valence-electron chi connectivity index (χ2n) is 4.85. The third-order valence-corrected chi connectivity index (χ3v) is 3.87. The second-order valence-corrected chi connectivity index (χ2v) is 4.85. The Morgan fingerprint density at radius 3 is 2.47 bits per heavy atom. The zero-order chi connectivity index (χ0) is 11.3. The maximum atomic E-state index is 4.04. The van der Waals surface area contributed by atoms with E-state index >= 15 is 0 Å². The molecule has 0 aliphatic carbocycles. The van der Waals surface area contributed by atoms with Gasteiger partial charge < -0.3 is 16.7 Å². The van der Waals surface area contributed by atoms with Gasteiger partial charge >= 0.3 is 21.1 Å². The molecule has 1 aromatic rings. The third kappa shape index (κ3) is 1.81. The molecule has 0 N–H and O–H groups in total. The SMILES string of the molecule is [CH2-]Cc1[c-]c2c(c3c1CCN3C)N(C)CC2.[W+2]. The monoisotopic (exact) mass is 398 g/mol. The van der Waals surface area contributed by atoms with Gasteiger partial charge in [-0.15, -0.1) is 11.1 Å². The fraction of sp³-hybridized carbons (Fsp3) is 0.500. The van der Waals surface area contributed by atoms with Gasteiger partial charge in [-0.2, -0.15) is 18.1 Å². The zero-order valence-electron chi connectivity index (χ0n) is 10.5. The van der Waals surface area contributed by atoms with Crippen LogP contribution < -0.4 is 9.80 Å². The molecule has 0 saturated carbocycles. The first-order valence-corrected chi connectivity index (χ1v) is 6.03. The number of hydrogen-bond donors (Lipinski definition) is 0. The Balaban J connectivity index is 0.00000108. The molecule has 2 aliphatic heterocycles. The molecule has 0 amide bonds. The first kappa shape index (κ1) is 13.0. The van der Waals surface area contributed by atoms with Gasteiger partial charge in [-0.3, -0.25) is 0 Å². The van der Waals surface area contributed by atoms with E-state index in [-0.39, 0.29) is 21.1 Å². The number of fused-ring (bicyclic) bond motifs is 3. The minimum Gasteiger partial charge on any atom is -0.424 e. The van der Waals surface area contributed by atoms with Crippen molar-refractivity contribution in [1.29, 1.82) is 0 Å². The van der Waals surface area contributed by atoms with E-state index < -0.39 is 0 Å². The molecule has 2 nitrogen and oxygen atoms in total. The fourth-order valence-corrected chi connectivity index (χ4v) is 3.01. The molecule has 2 heterocycles. The predicted octanol–water partition coefficient (Wildman–Crippen LogP) is 1.85. The smallest absolute Gasteiger partial charge is 0.424 e. The van der Waals surface area contributed by atoms with Crippen LogP contribution in [-0.2, 0) is 40.3 Å². The van der Waals surface area contributed by atoms with E-state index in [9.17, 15) is 0 Å². The summed E-state index contributed by atoms with van der Waals surface area (Å²) >= 11 is 0. The zero-order valence-corrected chi connectivity index (χ0v) is 13.5. The summed E-state index contributed by atoms with van der Waals surface area (Å²) in [6.45, 7) is 6.31. The Labute approximate surface area is 118 Å². The van der Waals surface area contributed by atoms with Gasteiger partial charge in [0.2, 0.25) is 0 Å². The number of anilines is 2. The van der Waals surface area contributed by atoms with Crippen LogP contribution >= 0.6 is 0 Å². The molecular weight excluding hydrogens is 380 g/mol. The molecule has 0 saturated heterocycles. The van der Waals surface area contributed by atoms with Gasteiger partial charge in [-0.1, -0.05) is 6.42 Å². The normalized spacial score (nSPS) is 16.9. The van der Waals surface area contributed by atoms with Crippen molar-refractivity contribution in [2.24, 2.45) is 0 Å². The molecule has 1 aromatic carbocycles. The second kappa shape index (κ2) is 4.65. The molecule has 2 aliphatic rings.